The van der Waals surface area contributed by atoms with Gasteiger partial charge in [-0.1, -0.05) is 39.8 Å². The summed E-state index contributed by atoms with van der Waals surface area (Å²) < 4.78 is 33.2. The van der Waals surface area contributed by atoms with Crippen LogP contribution in [0.2, 0.25) is 0 Å². The highest BCUT2D eigenvalue weighted by molar-refractivity contribution is 7.92. The van der Waals surface area contributed by atoms with Gasteiger partial charge in [-0.15, -0.1) is 0 Å². The molecule has 0 aliphatic rings. The molecule has 5 heteroatoms. The largest absolute Gasteiger partial charge is 0.496 e. The van der Waals surface area contributed by atoms with Crippen molar-refractivity contribution in [3.63, 3.8) is 0 Å². The van der Waals surface area contributed by atoms with Gasteiger partial charge in [0, 0.05) is 5.69 Å². The number of sulfonamides is 1. The van der Waals surface area contributed by atoms with E-state index >= 15 is 0 Å². The van der Waals surface area contributed by atoms with Crippen molar-refractivity contribution in [2.24, 2.45) is 0 Å². The van der Waals surface area contributed by atoms with Crippen molar-refractivity contribution in [3.05, 3.63) is 53.6 Å². The van der Waals surface area contributed by atoms with Crippen molar-refractivity contribution < 1.29 is 13.2 Å². The molecule has 0 amide bonds. The van der Waals surface area contributed by atoms with E-state index in [4.69, 9.17) is 4.74 Å². The summed E-state index contributed by atoms with van der Waals surface area (Å²) in [6, 6.07) is 12.4. The Bertz CT molecular complexity index is 794. The summed E-state index contributed by atoms with van der Waals surface area (Å²) in [7, 11) is -2.05. The van der Waals surface area contributed by atoms with E-state index < -0.39 is 10.0 Å². The van der Waals surface area contributed by atoms with E-state index in [1.807, 2.05) is 26.0 Å². The van der Waals surface area contributed by atoms with Gasteiger partial charge in [0.1, 0.15) is 5.75 Å². The monoisotopic (exact) mass is 347 g/mol. The molecule has 0 bridgehead atoms. The second-order valence-electron chi connectivity index (χ2n) is 6.44. The first-order valence-corrected chi connectivity index (χ1v) is 9.53. The Balaban J connectivity index is 2.31. The fourth-order valence-electron chi connectivity index (χ4n) is 2.48. The molecule has 0 spiro atoms. The molecule has 0 aromatic heterocycles. The first kappa shape index (κ1) is 18.3. The Kier molecular flexibility index (Phi) is 5.54. The minimum atomic E-state index is -3.63. The lowest BCUT2D eigenvalue weighted by Crippen LogP contribution is -2.13. The van der Waals surface area contributed by atoms with E-state index in [9.17, 15) is 8.42 Å². The van der Waals surface area contributed by atoms with Gasteiger partial charge < -0.3 is 4.74 Å². The van der Waals surface area contributed by atoms with Gasteiger partial charge in [0.15, 0.2) is 0 Å². The maximum absolute atomic E-state index is 12.6. The van der Waals surface area contributed by atoms with Crippen molar-refractivity contribution >= 4 is 15.7 Å². The first-order valence-electron chi connectivity index (χ1n) is 8.05. The number of hydrogen-bond acceptors (Lipinski definition) is 3. The molecule has 4 nitrogen and oxygen atoms in total. The lowest BCUT2D eigenvalue weighted by molar-refractivity contribution is 0.407. The third-order valence-electron chi connectivity index (χ3n) is 3.96. The molecule has 0 atom stereocenters. The number of ether oxygens (including phenoxy) is 1. The molecular formula is C19H25NO3S. The molecule has 0 aliphatic carbocycles. The third-order valence-corrected chi connectivity index (χ3v) is 5.34. The van der Waals surface area contributed by atoms with Gasteiger partial charge in [0.25, 0.3) is 10.0 Å². The normalized spacial score (nSPS) is 11.8. The minimum absolute atomic E-state index is 0.167. The Hall–Kier alpha value is -2.01. The Morgan fingerprint density at radius 1 is 0.917 bits per heavy atom. The highest BCUT2D eigenvalue weighted by atomic mass is 32.2. The zero-order chi connectivity index (χ0) is 17.9. The van der Waals surface area contributed by atoms with E-state index in [-0.39, 0.29) is 10.8 Å². The number of anilines is 1. The average molecular weight is 347 g/mol. The zero-order valence-corrected chi connectivity index (χ0v) is 15.6. The first-order chi connectivity index (χ1) is 11.2. The van der Waals surface area contributed by atoms with Crippen molar-refractivity contribution in [1.29, 1.82) is 0 Å². The lowest BCUT2D eigenvalue weighted by atomic mass is 10.0. The topological polar surface area (TPSA) is 55.4 Å². The number of methoxy groups -OCH3 is 1. The summed E-state index contributed by atoms with van der Waals surface area (Å²) in [5.41, 5.74) is 2.60. The summed E-state index contributed by atoms with van der Waals surface area (Å²) in [5.74, 6) is 1.27. The molecule has 2 rings (SSSR count). The minimum Gasteiger partial charge on any atom is -0.496 e. The molecule has 24 heavy (non-hydrogen) atoms. The van der Waals surface area contributed by atoms with E-state index in [0.29, 0.717) is 17.4 Å². The van der Waals surface area contributed by atoms with Crippen LogP contribution in [0.4, 0.5) is 5.69 Å². The van der Waals surface area contributed by atoms with Gasteiger partial charge in [-0.25, -0.2) is 8.42 Å². The highest BCUT2D eigenvalue weighted by Crippen LogP contribution is 2.29. The van der Waals surface area contributed by atoms with Crippen LogP contribution in [0.5, 0.6) is 5.75 Å². The smallest absolute Gasteiger partial charge is 0.261 e. The van der Waals surface area contributed by atoms with Crippen LogP contribution in [0.15, 0.2) is 47.4 Å². The standard InChI is InChI=1S/C19H25NO3S/c1-13(2)15-6-8-16(9-7-15)20-24(21,22)17-10-11-19(23-5)18(12-17)14(3)4/h6-14,20H,1-5H3. The molecule has 0 radical (unpaired) electrons. The number of nitrogens with one attached hydrogen (secondary N) is 1. The van der Waals surface area contributed by atoms with Gasteiger partial charge in [-0.05, 0) is 53.3 Å². The fourth-order valence-corrected chi connectivity index (χ4v) is 3.57. The molecule has 0 unspecified atom stereocenters. The van der Waals surface area contributed by atoms with E-state index in [1.165, 1.54) is 5.56 Å². The van der Waals surface area contributed by atoms with Gasteiger partial charge in [-0.2, -0.15) is 0 Å². The Morgan fingerprint density at radius 3 is 2.04 bits per heavy atom. The molecule has 0 saturated carbocycles. The van der Waals surface area contributed by atoms with Crippen LogP contribution in [-0.2, 0) is 10.0 Å². The number of hydrogen-bond donors (Lipinski definition) is 1. The van der Waals surface area contributed by atoms with Gasteiger partial charge >= 0.3 is 0 Å². The molecule has 0 heterocycles. The van der Waals surface area contributed by atoms with Crippen LogP contribution in [0.1, 0.15) is 50.7 Å². The SMILES string of the molecule is COc1ccc(S(=O)(=O)Nc2ccc(C(C)C)cc2)cc1C(C)C. The van der Waals surface area contributed by atoms with E-state index in [1.54, 1.807) is 37.4 Å². The highest BCUT2D eigenvalue weighted by Gasteiger charge is 2.18. The van der Waals surface area contributed by atoms with Crippen LogP contribution in [0.25, 0.3) is 0 Å². The van der Waals surface area contributed by atoms with Gasteiger partial charge in [0.2, 0.25) is 0 Å². The van der Waals surface area contributed by atoms with E-state index in [0.717, 1.165) is 5.56 Å². The van der Waals surface area contributed by atoms with Crippen molar-refractivity contribution in [2.75, 3.05) is 11.8 Å². The van der Waals surface area contributed by atoms with Crippen LogP contribution in [0.3, 0.4) is 0 Å². The number of rotatable bonds is 6. The Labute approximate surface area is 144 Å². The van der Waals surface area contributed by atoms with Crippen LogP contribution >= 0.6 is 0 Å². The Morgan fingerprint density at radius 2 is 1.54 bits per heavy atom. The van der Waals surface area contributed by atoms with Crippen LogP contribution in [-0.4, -0.2) is 15.5 Å². The fraction of sp³-hybridized carbons (Fsp3) is 0.368. The van der Waals surface area contributed by atoms with Crippen molar-refractivity contribution in [3.8, 4) is 5.75 Å². The molecule has 0 fully saturated rings. The van der Waals surface area contributed by atoms with Gasteiger partial charge in [0.05, 0.1) is 12.0 Å². The average Bonchev–Trinajstić information content (AvgIpc) is 2.54. The van der Waals surface area contributed by atoms with Crippen molar-refractivity contribution in [1.82, 2.24) is 0 Å². The van der Waals surface area contributed by atoms with Crippen molar-refractivity contribution in [2.45, 2.75) is 44.4 Å². The molecule has 2 aromatic rings. The molecule has 2 aromatic carbocycles. The molecular weight excluding hydrogens is 322 g/mol. The quantitative estimate of drug-likeness (QED) is 0.821. The van der Waals surface area contributed by atoms with Crippen LogP contribution in [0, 0.1) is 0 Å². The van der Waals surface area contributed by atoms with E-state index in [2.05, 4.69) is 18.6 Å². The summed E-state index contributed by atoms with van der Waals surface area (Å²) in [5, 5.41) is 0. The predicted molar refractivity (Wildman–Crippen MR) is 98.4 cm³/mol. The summed E-state index contributed by atoms with van der Waals surface area (Å²) in [4.78, 5) is 0.236. The molecule has 0 saturated heterocycles. The summed E-state index contributed by atoms with van der Waals surface area (Å²) in [6.07, 6.45) is 0. The number of benzene rings is 2. The molecule has 1 N–H and O–H groups in total. The summed E-state index contributed by atoms with van der Waals surface area (Å²) in [6.45, 7) is 8.21. The lowest BCUT2D eigenvalue weighted by Gasteiger charge is -2.15. The second-order valence-corrected chi connectivity index (χ2v) is 8.12. The zero-order valence-electron chi connectivity index (χ0n) is 14.8. The maximum atomic E-state index is 12.6. The van der Waals surface area contributed by atoms with Gasteiger partial charge in [-0.3, -0.25) is 4.72 Å². The van der Waals surface area contributed by atoms with Crippen LogP contribution < -0.4 is 9.46 Å². The molecule has 130 valence electrons. The molecule has 0 aliphatic heterocycles. The second kappa shape index (κ2) is 7.26. The third kappa shape index (κ3) is 4.09. The predicted octanol–water partition coefficient (Wildman–Crippen LogP) is 4.74. The maximum Gasteiger partial charge on any atom is 0.261 e. The summed E-state index contributed by atoms with van der Waals surface area (Å²) >= 11 is 0.